The second-order valence-electron chi connectivity index (χ2n) is 8.48. The van der Waals surface area contributed by atoms with Gasteiger partial charge in [-0.15, -0.1) is 0 Å². The maximum atomic E-state index is 13.5. The van der Waals surface area contributed by atoms with Crippen molar-refractivity contribution in [2.24, 2.45) is 0 Å². The van der Waals surface area contributed by atoms with Crippen LogP contribution < -0.4 is 14.8 Å². The summed E-state index contributed by atoms with van der Waals surface area (Å²) in [4.78, 5) is 28.2. The first-order chi connectivity index (χ1) is 16.3. The predicted molar refractivity (Wildman–Crippen MR) is 135 cm³/mol. The van der Waals surface area contributed by atoms with Crippen molar-refractivity contribution in [3.63, 3.8) is 0 Å². The highest BCUT2D eigenvalue weighted by atomic mass is 35.5. The number of carbonyl (C=O) groups excluding carboxylic acids is 2. The molecule has 2 amide bonds. The van der Waals surface area contributed by atoms with Gasteiger partial charge in [0.15, 0.2) is 11.5 Å². The molecule has 3 rings (SSSR count). The molecule has 0 saturated heterocycles. The van der Waals surface area contributed by atoms with Crippen LogP contribution in [0.3, 0.4) is 0 Å². The minimum absolute atomic E-state index is 0.0235. The van der Waals surface area contributed by atoms with Crippen LogP contribution in [0.4, 0.5) is 0 Å². The van der Waals surface area contributed by atoms with Gasteiger partial charge in [0.25, 0.3) is 0 Å². The number of ether oxygens (including phenoxy) is 2. The van der Waals surface area contributed by atoms with Crippen LogP contribution in [0, 0.1) is 0 Å². The van der Waals surface area contributed by atoms with Crippen molar-refractivity contribution in [3.05, 3.63) is 57.6 Å². The van der Waals surface area contributed by atoms with Crippen molar-refractivity contribution in [1.29, 1.82) is 0 Å². The molecule has 0 saturated carbocycles. The topological polar surface area (TPSA) is 67.9 Å². The van der Waals surface area contributed by atoms with E-state index in [1.54, 1.807) is 23.1 Å². The van der Waals surface area contributed by atoms with E-state index in [-0.39, 0.29) is 30.8 Å². The van der Waals surface area contributed by atoms with Crippen molar-refractivity contribution in [2.75, 3.05) is 13.2 Å². The smallest absolute Gasteiger partial charge is 0.243 e. The van der Waals surface area contributed by atoms with Crippen molar-refractivity contribution in [1.82, 2.24) is 10.2 Å². The number of benzene rings is 2. The number of carbonyl (C=O) groups is 2. The van der Waals surface area contributed by atoms with Gasteiger partial charge < -0.3 is 19.7 Å². The molecule has 1 N–H and O–H groups in total. The monoisotopic (exact) mass is 506 g/mol. The van der Waals surface area contributed by atoms with Gasteiger partial charge in [0.05, 0.1) is 0 Å². The zero-order valence-corrected chi connectivity index (χ0v) is 21.4. The Kier molecular flexibility index (Phi) is 9.48. The van der Waals surface area contributed by atoms with Gasteiger partial charge in [0.1, 0.15) is 19.3 Å². The first kappa shape index (κ1) is 26.2. The van der Waals surface area contributed by atoms with Gasteiger partial charge in [0, 0.05) is 29.1 Å². The molecule has 1 aliphatic heterocycles. The van der Waals surface area contributed by atoms with E-state index < -0.39 is 6.04 Å². The lowest BCUT2D eigenvalue weighted by Gasteiger charge is -2.32. The van der Waals surface area contributed by atoms with Crippen LogP contribution in [-0.2, 0) is 22.6 Å². The second kappa shape index (κ2) is 12.3. The minimum Gasteiger partial charge on any atom is -0.486 e. The molecule has 0 unspecified atom stereocenters. The Labute approximate surface area is 211 Å². The van der Waals surface area contributed by atoms with Crippen LogP contribution in [0.15, 0.2) is 36.4 Å². The van der Waals surface area contributed by atoms with Crippen LogP contribution in [-0.4, -0.2) is 42.0 Å². The highest BCUT2D eigenvalue weighted by Gasteiger charge is 2.29. The third-order valence-electron chi connectivity index (χ3n) is 5.98. The molecule has 0 bridgehead atoms. The molecule has 0 radical (unpaired) electrons. The van der Waals surface area contributed by atoms with E-state index in [9.17, 15) is 9.59 Å². The quantitative estimate of drug-likeness (QED) is 0.467. The number of fused-ring (bicyclic) bond motifs is 1. The van der Waals surface area contributed by atoms with Gasteiger partial charge in [-0.05, 0) is 61.6 Å². The lowest BCUT2D eigenvalue weighted by atomic mass is 10.0. The number of halogens is 2. The summed E-state index contributed by atoms with van der Waals surface area (Å²) in [5, 5.41) is 4.00. The molecule has 0 aromatic heterocycles. The summed E-state index contributed by atoms with van der Waals surface area (Å²) < 4.78 is 11.2. The molecule has 2 aromatic rings. The highest BCUT2D eigenvalue weighted by Crippen LogP contribution is 2.31. The Hall–Kier alpha value is -2.44. The maximum absolute atomic E-state index is 13.5. The normalized spacial score (nSPS) is 14.3. The van der Waals surface area contributed by atoms with Gasteiger partial charge in [-0.2, -0.15) is 0 Å². The number of hydrogen-bond acceptors (Lipinski definition) is 4. The van der Waals surface area contributed by atoms with E-state index in [0.717, 1.165) is 17.5 Å². The summed E-state index contributed by atoms with van der Waals surface area (Å²) in [5.74, 6) is 1.13. The third-order valence-corrected chi connectivity index (χ3v) is 6.56. The summed E-state index contributed by atoms with van der Waals surface area (Å²) in [6, 6.07) is 10.3. The number of amides is 2. The zero-order chi connectivity index (χ0) is 24.7. The number of hydrogen-bond donors (Lipinski definition) is 1. The van der Waals surface area contributed by atoms with Crippen molar-refractivity contribution in [2.45, 2.75) is 65.1 Å². The van der Waals surface area contributed by atoms with Crippen LogP contribution in [0.2, 0.25) is 10.0 Å². The standard InChI is InChI=1S/C26H32Cl2N2O4/c1-4-17(3)29-26(32)22(5-2)30(16-19-8-9-20(27)15-21(19)28)25(31)11-7-18-6-10-23-24(14-18)34-13-12-33-23/h6,8-10,14-15,17,22H,4-5,7,11-13,16H2,1-3H3,(H,29,32)/t17-,22-/m0/s1. The van der Waals surface area contributed by atoms with Gasteiger partial charge >= 0.3 is 0 Å². The van der Waals surface area contributed by atoms with E-state index in [2.05, 4.69) is 5.32 Å². The fourth-order valence-electron chi connectivity index (χ4n) is 3.83. The summed E-state index contributed by atoms with van der Waals surface area (Å²) in [7, 11) is 0. The van der Waals surface area contributed by atoms with Gasteiger partial charge in [-0.25, -0.2) is 0 Å². The Balaban J connectivity index is 1.79. The zero-order valence-electron chi connectivity index (χ0n) is 19.9. The molecule has 0 fully saturated rings. The highest BCUT2D eigenvalue weighted by molar-refractivity contribution is 6.35. The van der Waals surface area contributed by atoms with E-state index in [1.807, 2.05) is 39.0 Å². The van der Waals surface area contributed by atoms with Crippen molar-refractivity contribution in [3.8, 4) is 11.5 Å². The van der Waals surface area contributed by atoms with Gasteiger partial charge in [0.2, 0.25) is 11.8 Å². The first-order valence-corrected chi connectivity index (χ1v) is 12.5. The van der Waals surface area contributed by atoms with Crippen LogP contribution >= 0.6 is 23.2 Å². The van der Waals surface area contributed by atoms with Crippen molar-refractivity contribution >= 4 is 35.0 Å². The number of aryl methyl sites for hydroxylation is 1. The molecule has 1 aliphatic rings. The Morgan fingerprint density at radius 3 is 2.44 bits per heavy atom. The molecule has 1 heterocycles. The maximum Gasteiger partial charge on any atom is 0.243 e. The molecule has 8 heteroatoms. The van der Waals surface area contributed by atoms with Crippen LogP contribution in [0.1, 0.15) is 51.2 Å². The molecule has 34 heavy (non-hydrogen) atoms. The summed E-state index contributed by atoms with van der Waals surface area (Å²) in [6.07, 6.45) is 2.06. The van der Waals surface area contributed by atoms with E-state index in [1.165, 1.54) is 0 Å². The summed E-state index contributed by atoms with van der Waals surface area (Å²) in [6.45, 7) is 7.14. The van der Waals surface area contributed by atoms with Crippen LogP contribution in [0.5, 0.6) is 11.5 Å². The Morgan fingerprint density at radius 2 is 1.76 bits per heavy atom. The third kappa shape index (κ3) is 6.80. The second-order valence-corrected chi connectivity index (χ2v) is 9.32. The first-order valence-electron chi connectivity index (χ1n) is 11.7. The molecule has 0 aliphatic carbocycles. The van der Waals surface area contributed by atoms with Gasteiger partial charge in [-0.3, -0.25) is 9.59 Å². The molecule has 6 nitrogen and oxygen atoms in total. The largest absolute Gasteiger partial charge is 0.486 e. The lowest BCUT2D eigenvalue weighted by molar-refractivity contribution is -0.141. The summed E-state index contributed by atoms with van der Waals surface area (Å²) in [5.41, 5.74) is 1.72. The molecule has 0 spiro atoms. The predicted octanol–water partition coefficient (Wildman–Crippen LogP) is 5.42. The van der Waals surface area contributed by atoms with E-state index in [0.29, 0.717) is 47.6 Å². The van der Waals surface area contributed by atoms with E-state index >= 15 is 0 Å². The minimum atomic E-state index is -0.603. The molecular weight excluding hydrogens is 475 g/mol. The average molecular weight is 507 g/mol. The number of rotatable bonds is 10. The van der Waals surface area contributed by atoms with Gasteiger partial charge in [-0.1, -0.05) is 49.2 Å². The molecule has 184 valence electrons. The molecule has 2 aromatic carbocycles. The van der Waals surface area contributed by atoms with Crippen LogP contribution in [0.25, 0.3) is 0 Å². The Bertz CT molecular complexity index is 1010. The summed E-state index contributed by atoms with van der Waals surface area (Å²) >= 11 is 12.5. The average Bonchev–Trinajstić information content (AvgIpc) is 2.83. The van der Waals surface area contributed by atoms with Crippen molar-refractivity contribution < 1.29 is 19.1 Å². The number of nitrogens with zero attached hydrogens (tertiary/aromatic N) is 1. The fourth-order valence-corrected chi connectivity index (χ4v) is 4.30. The fraction of sp³-hybridized carbons (Fsp3) is 0.462. The van der Waals surface area contributed by atoms with E-state index in [4.69, 9.17) is 32.7 Å². The molecule has 2 atom stereocenters. The lowest BCUT2D eigenvalue weighted by Crippen LogP contribution is -2.50. The number of nitrogens with one attached hydrogen (secondary N) is 1. The molecular formula is C26H32Cl2N2O4. The Morgan fingerprint density at radius 1 is 1.03 bits per heavy atom. The SMILES string of the molecule is CC[C@H](C)NC(=O)[C@H](CC)N(Cc1ccc(Cl)cc1Cl)C(=O)CCc1ccc2c(c1)OCCO2.